The average molecular weight is 169 g/mol. The second kappa shape index (κ2) is 6.16. The van der Waals surface area contributed by atoms with Crippen LogP contribution in [-0.4, -0.2) is 0 Å². The van der Waals surface area contributed by atoms with Crippen LogP contribution in [0.15, 0.2) is 24.4 Å². The molecule has 7 heavy (non-hydrogen) atoms. The maximum absolute atomic E-state index is 5.02. The van der Waals surface area contributed by atoms with Gasteiger partial charge in [0.05, 0.1) is 0 Å². The third-order valence-electron chi connectivity index (χ3n) is 0.415. The summed E-state index contributed by atoms with van der Waals surface area (Å²) in [5.74, 6) is 0. The zero-order valence-corrected chi connectivity index (χ0v) is 6.80. The molecule has 0 bridgehead atoms. The molecule has 0 aliphatic carbocycles. The van der Waals surface area contributed by atoms with Gasteiger partial charge in [0.1, 0.15) is 0 Å². The molecule has 0 aromatic rings. The monoisotopic (exact) mass is 169 g/mol. The topological polar surface area (TPSA) is 26.0 Å². The summed E-state index contributed by atoms with van der Waals surface area (Å²) in [6.07, 6.45) is 6.97. The molecule has 0 aliphatic heterocycles. The first kappa shape index (κ1) is 7.16. The van der Waals surface area contributed by atoms with Gasteiger partial charge in [-0.1, -0.05) is 0 Å². The summed E-state index contributed by atoms with van der Waals surface area (Å²) in [5, 5.41) is 0. The first-order valence-electron chi connectivity index (χ1n) is 1.91. The van der Waals surface area contributed by atoms with Crippen LogP contribution in [0.25, 0.3) is 0 Å². The molecule has 34 valence electrons. The molecule has 0 saturated carbocycles. The minimum absolute atomic E-state index is 1.05. The van der Waals surface area contributed by atoms with E-state index in [-0.39, 0.29) is 0 Å². The van der Waals surface area contributed by atoms with Crippen molar-refractivity contribution in [2.75, 3.05) is 0 Å². The van der Waals surface area contributed by atoms with Crippen molar-refractivity contribution in [3.8, 4) is 2.59 Å². The predicted octanol–water partition coefficient (Wildman–Crippen LogP) is 0.521. The van der Waals surface area contributed by atoms with Crippen LogP contribution in [0.3, 0.4) is 0 Å². The molecule has 0 heterocycles. The summed E-state index contributed by atoms with van der Waals surface area (Å²) in [5.41, 5.74) is 5.02. The SMILES string of the molecule is N/C=C/C=C/[C]#[Y]. The van der Waals surface area contributed by atoms with Crippen LogP contribution in [0.1, 0.15) is 0 Å². The van der Waals surface area contributed by atoms with Crippen molar-refractivity contribution in [3.05, 3.63) is 24.4 Å². The van der Waals surface area contributed by atoms with Gasteiger partial charge in [-0.3, -0.25) is 0 Å². The molecule has 0 aromatic carbocycles. The molecule has 2 N–H and O–H groups in total. The molecule has 0 rings (SSSR count). The molecule has 0 saturated heterocycles. The van der Waals surface area contributed by atoms with Gasteiger partial charge in [-0.25, -0.2) is 0 Å². The molecular weight excluding hydrogens is 163 g/mol. The second-order valence-electron chi connectivity index (χ2n) is 0.911. The van der Waals surface area contributed by atoms with Crippen molar-refractivity contribution in [2.45, 2.75) is 0 Å². The number of hydrogen-bond acceptors (Lipinski definition) is 1. The summed E-state index contributed by atoms with van der Waals surface area (Å²) in [4.78, 5) is 0. The molecule has 0 atom stereocenters. The zero-order valence-electron chi connectivity index (χ0n) is 3.96. The maximum atomic E-state index is 5.02. The summed E-state index contributed by atoms with van der Waals surface area (Å²) < 4.78 is 2.95. The van der Waals surface area contributed by atoms with E-state index in [1.165, 1.54) is 6.20 Å². The Morgan fingerprint density at radius 2 is 2.14 bits per heavy atom. The van der Waals surface area contributed by atoms with Crippen LogP contribution in [0.2, 0.25) is 0 Å². The predicted molar refractivity (Wildman–Crippen MR) is 26.4 cm³/mol. The fourth-order valence-corrected chi connectivity index (χ4v) is 0.448. The Kier molecular flexibility index (Phi) is 6.31. The Bertz CT molecular complexity index is 119. The Morgan fingerprint density at radius 1 is 1.43 bits per heavy atom. The van der Waals surface area contributed by atoms with Crippen molar-refractivity contribution < 1.29 is 30.2 Å². The van der Waals surface area contributed by atoms with E-state index in [1.54, 1.807) is 6.08 Å². The number of nitrogens with two attached hydrogens (primary N) is 1. The van der Waals surface area contributed by atoms with Crippen LogP contribution in [0.4, 0.5) is 0 Å². The van der Waals surface area contributed by atoms with Gasteiger partial charge in [0.25, 0.3) is 0 Å². The first-order chi connectivity index (χ1) is 3.41. The van der Waals surface area contributed by atoms with Gasteiger partial charge in [0.15, 0.2) is 0 Å². The molecule has 0 aliphatic rings. The van der Waals surface area contributed by atoms with Crippen molar-refractivity contribution in [1.29, 1.82) is 0 Å². The van der Waals surface area contributed by atoms with Crippen molar-refractivity contribution >= 4 is 0 Å². The molecule has 0 aromatic heterocycles. The summed E-state index contributed by atoms with van der Waals surface area (Å²) in [6, 6.07) is 0. The van der Waals surface area contributed by atoms with E-state index in [4.69, 9.17) is 5.73 Å². The van der Waals surface area contributed by atoms with Crippen molar-refractivity contribution in [1.82, 2.24) is 0 Å². The molecule has 0 spiro atoms. The van der Waals surface area contributed by atoms with Gasteiger partial charge in [0, 0.05) is 0 Å². The molecule has 0 radical (unpaired) electrons. The van der Waals surface area contributed by atoms with Gasteiger partial charge in [-0.05, 0) is 0 Å². The van der Waals surface area contributed by atoms with E-state index in [2.05, 4.69) is 2.59 Å². The zero-order chi connectivity index (χ0) is 5.54. The first-order valence-corrected chi connectivity index (χ1v) is 3.33. The second-order valence-corrected chi connectivity index (χ2v) is 1.73. The Hall–Kier alpha value is 0.164. The van der Waals surface area contributed by atoms with Gasteiger partial charge in [-0.15, -0.1) is 0 Å². The molecule has 2 heteroatoms. The Balaban J connectivity index is 3.33. The standard InChI is InChI=1S/C5H6N.Y/c1-2-3-4-5-6;/h2-5H,6H2;/b3-2+,5-4+;. The van der Waals surface area contributed by atoms with E-state index in [0.717, 1.165) is 30.2 Å². The molecule has 0 fully saturated rings. The summed E-state index contributed by atoms with van der Waals surface area (Å²) in [6.45, 7) is 0. The number of hydrogen-bond donors (Lipinski definition) is 1. The molecular formula is C5H6NY. The van der Waals surface area contributed by atoms with Crippen LogP contribution in [-0.2, 0) is 30.2 Å². The van der Waals surface area contributed by atoms with Crippen LogP contribution in [0.5, 0.6) is 0 Å². The van der Waals surface area contributed by atoms with Crippen LogP contribution in [0, 0.1) is 2.59 Å². The fraction of sp³-hybridized carbons (Fsp3) is 0. The molecule has 0 unspecified atom stereocenters. The van der Waals surface area contributed by atoms with Crippen molar-refractivity contribution in [3.63, 3.8) is 0 Å². The normalized spacial score (nSPS) is 10.6. The Labute approximate surface area is 62.7 Å². The third-order valence-corrected chi connectivity index (χ3v) is 0.888. The molecule has 0 amide bonds. The van der Waals surface area contributed by atoms with Gasteiger partial charge >= 0.3 is 63.0 Å². The van der Waals surface area contributed by atoms with Gasteiger partial charge in [0.2, 0.25) is 0 Å². The summed E-state index contributed by atoms with van der Waals surface area (Å²) in [7, 11) is 0. The van der Waals surface area contributed by atoms with Crippen LogP contribution >= 0.6 is 0 Å². The Morgan fingerprint density at radius 3 is 2.57 bits per heavy atom. The summed E-state index contributed by atoms with van der Waals surface area (Å²) >= 11 is 1.05. The van der Waals surface area contributed by atoms with E-state index < -0.39 is 0 Å². The average Bonchev–Trinajstić information content (AvgIpc) is 1.69. The number of allylic oxidation sites excluding steroid dienone is 3. The van der Waals surface area contributed by atoms with E-state index in [0.29, 0.717) is 0 Å². The van der Waals surface area contributed by atoms with E-state index >= 15 is 0 Å². The third kappa shape index (κ3) is 6.16. The molecule has 1 nitrogen and oxygen atoms in total. The quantitative estimate of drug-likeness (QED) is 0.569. The van der Waals surface area contributed by atoms with Gasteiger partial charge in [-0.2, -0.15) is 0 Å². The van der Waals surface area contributed by atoms with E-state index in [9.17, 15) is 0 Å². The fourth-order valence-electron chi connectivity index (χ4n) is 0.175. The van der Waals surface area contributed by atoms with Crippen LogP contribution < -0.4 is 5.73 Å². The van der Waals surface area contributed by atoms with Gasteiger partial charge < -0.3 is 0 Å². The minimum atomic E-state index is 1.05. The van der Waals surface area contributed by atoms with Crippen molar-refractivity contribution in [2.24, 2.45) is 5.73 Å². The van der Waals surface area contributed by atoms with E-state index in [1.807, 2.05) is 12.2 Å². The number of rotatable bonds is 1.